The van der Waals surface area contributed by atoms with Crippen LogP contribution in [0.2, 0.25) is 0 Å². The Morgan fingerprint density at radius 3 is 2.17 bits per heavy atom. The van der Waals surface area contributed by atoms with Crippen molar-refractivity contribution in [3.8, 4) is 0 Å². The first kappa shape index (κ1) is 22.0. The second-order valence-electron chi connectivity index (χ2n) is 6.93. The van der Waals surface area contributed by atoms with Crippen LogP contribution in [-0.2, 0) is 14.8 Å². The van der Waals surface area contributed by atoms with E-state index < -0.39 is 39.1 Å². The van der Waals surface area contributed by atoms with Crippen molar-refractivity contribution in [3.05, 3.63) is 65.5 Å². The number of hydrogen-bond acceptors (Lipinski definition) is 3. The van der Waals surface area contributed by atoms with Crippen LogP contribution in [0.15, 0.2) is 47.4 Å². The minimum Gasteiger partial charge on any atom is -0.320 e. The molecular weight excluding hydrogens is 417 g/mol. The number of amides is 1. The van der Waals surface area contributed by atoms with Crippen molar-refractivity contribution < 1.29 is 26.4 Å². The van der Waals surface area contributed by atoms with Gasteiger partial charge >= 0.3 is 0 Å². The summed E-state index contributed by atoms with van der Waals surface area (Å²) in [7, 11) is -3.56. The van der Waals surface area contributed by atoms with Gasteiger partial charge in [0.25, 0.3) is 0 Å². The Labute approximate surface area is 173 Å². The van der Waals surface area contributed by atoms with Crippen LogP contribution in [0.4, 0.5) is 18.9 Å². The van der Waals surface area contributed by atoms with E-state index in [-0.39, 0.29) is 4.90 Å². The van der Waals surface area contributed by atoms with E-state index in [2.05, 4.69) is 5.32 Å². The third kappa shape index (κ3) is 5.09. The Hall–Kier alpha value is -2.65. The monoisotopic (exact) mass is 438 g/mol. The molecule has 30 heavy (non-hydrogen) atoms. The maximum atomic E-state index is 13.6. The zero-order chi connectivity index (χ0) is 21.7. The van der Waals surface area contributed by atoms with Crippen molar-refractivity contribution >= 4 is 27.7 Å². The van der Waals surface area contributed by atoms with Crippen molar-refractivity contribution in [3.63, 3.8) is 0 Å². The molecule has 160 valence electrons. The summed E-state index contributed by atoms with van der Waals surface area (Å²) in [4.78, 5) is 12.1. The zero-order valence-electron chi connectivity index (χ0n) is 16.1. The van der Waals surface area contributed by atoms with Crippen molar-refractivity contribution in [2.24, 2.45) is 0 Å². The molecule has 0 bridgehead atoms. The van der Waals surface area contributed by atoms with E-state index in [9.17, 15) is 26.4 Å². The van der Waals surface area contributed by atoms with Gasteiger partial charge in [0.2, 0.25) is 15.9 Å². The van der Waals surface area contributed by atoms with E-state index in [4.69, 9.17) is 0 Å². The zero-order valence-corrected chi connectivity index (χ0v) is 16.9. The highest BCUT2D eigenvalue weighted by molar-refractivity contribution is 7.89. The lowest BCUT2D eigenvalue weighted by molar-refractivity contribution is -0.111. The molecule has 1 N–H and O–H groups in total. The summed E-state index contributed by atoms with van der Waals surface area (Å²) in [5.41, 5.74) is 0.0631. The molecular formula is C21H21F3N2O3S. The Kier molecular flexibility index (Phi) is 6.94. The van der Waals surface area contributed by atoms with Crippen LogP contribution in [0.25, 0.3) is 6.08 Å². The normalized spacial score (nSPS) is 15.8. The van der Waals surface area contributed by atoms with Gasteiger partial charge in [0, 0.05) is 19.2 Å². The number of nitrogens with one attached hydrogen (secondary N) is 1. The van der Waals surface area contributed by atoms with Crippen LogP contribution >= 0.6 is 0 Å². The van der Waals surface area contributed by atoms with E-state index >= 15 is 0 Å². The predicted octanol–water partition coefficient (Wildman–Crippen LogP) is 4.32. The average molecular weight is 438 g/mol. The Morgan fingerprint density at radius 2 is 1.53 bits per heavy atom. The first-order valence-electron chi connectivity index (χ1n) is 9.52. The third-order valence-electron chi connectivity index (χ3n) is 4.80. The van der Waals surface area contributed by atoms with Crippen LogP contribution in [0.3, 0.4) is 0 Å². The van der Waals surface area contributed by atoms with Gasteiger partial charge in [-0.2, -0.15) is 4.31 Å². The lowest BCUT2D eigenvalue weighted by atomic mass is 10.2. The van der Waals surface area contributed by atoms with E-state index in [1.165, 1.54) is 22.5 Å². The van der Waals surface area contributed by atoms with Gasteiger partial charge in [-0.05, 0) is 48.7 Å². The first-order valence-corrected chi connectivity index (χ1v) is 11.0. The van der Waals surface area contributed by atoms with Crippen molar-refractivity contribution in [1.29, 1.82) is 0 Å². The summed E-state index contributed by atoms with van der Waals surface area (Å²) in [6.07, 6.45) is 6.20. The summed E-state index contributed by atoms with van der Waals surface area (Å²) < 4.78 is 66.8. The maximum Gasteiger partial charge on any atom is 0.248 e. The molecule has 1 amide bonds. The number of benzene rings is 2. The fraction of sp³-hybridized carbons (Fsp3) is 0.286. The topological polar surface area (TPSA) is 66.5 Å². The molecule has 0 aromatic heterocycles. The number of rotatable bonds is 5. The summed E-state index contributed by atoms with van der Waals surface area (Å²) in [5.74, 6) is -5.25. The number of anilines is 1. The molecule has 9 heteroatoms. The second kappa shape index (κ2) is 9.44. The van der Waals surface area contributed by atoms with Gasteiger partial charge in [0.1, 0.15) is 0 Å². The third-order valence-corrected chi connectivity index (χ3v) is 6.72. The molecule has 0 unspecified atom stereocenters. The SMILES string of the molecule is O=C(/C=C/c1ccc(S(=O)(=O)N2CCCCCC2)cc1)Nc1ccc(F)c(F)c1F. The average Bonchev–Trinajstić information content (AvgIpc) is 3.03. The fourth-order valence-electron chi connectivity index (χ4n) is 3.15. The van der Waals surface area contributed by atoms with Crippen LogP contribution in [-0.4, -0.2) is 31.7 Å². The van der Waals surface area contributed by atoms with Gasteiger partial charge in [-0.25, -0.2) is 21.6 Å². The molecule has 1 heterocycles. The van der Waals surface area contributed by atoms with Gasteiger partial charge in [0.05, 0.1) is 10.6 Å². The minimum absolute atomic E-state index is 0.176. The summed E-state index contributed by atoms with van der Waals surface area (Å²) in [5, 5.41) is 2.12. The molecule has 1 saturated heterocycles. The molecule has 1 aliphatic heterocycles. The molecule has 3 rings (SSSR count). The minimum atomic E-state index is -3.56. The molecule has 0 atom stereocenters. The number of halogens is 3. The Bertz CT molecular complexity index is 1050. The van der Waals surface area contributed by atoms with Gasteiger partial charge in [0.15, 0.2) is 17.5 Å². The largest absolute Gasteiger partial charge is 0.320 e. The van der Waals surface area contributed by atoms with Gasteiger partial charge in [-0.1, -0.05) is 25.0 Å². The number of hydrogen-bond donors (Lipinski definition) is 1. The predicted molar refractivity (Wildman–Crippen MR) is 108 cm³/mol. The molecule has 0 radical (unpaired) electrons. The van der Waals surface area contributed by atoms with Crippen LogP contribution in [0, 0.1) is 17.5 Å². The van der Waals surface area contributed by atoms with E-state index in [1.807, 2.05) is 0 Å². The first-order chi connectivity index (χ1) is 14.3. The highest BCUT2D eigenvalue weighted by atomic mass is 32.2. The second-order valence-corrected chi connectivity index (χ2v) is 8.87. The van der Waals surface area contributed by atoms with Crippen molar-refractivity contribution in [2.45, 2.75) is 30.6 Å². The lowest BCUT2D eigenvalue weighted by Gasteiger charge is -2.19. The van der Waals surface area contributed by atoms with Crippen molar-refractivity contribution in [1.82, 2.24) is 4.31 Å². The van der Waals surface area contributed by atoms with E-state index in [1.54, 1.807) is 12.1 Å². The molecule has 0 aliphatic carbocycles. The quantitative estimate of drug-likeness (QED) is 0.559. The fourth-order valence-corrected chi connectivity index (χ4v) is 4.67. The Morgan fingerprint density at radius 1 is 0.900 bits per heavy atom. The van der Waals surface area contributed by atoms with E-state index in [0.717, 1.165) is 37.8 Å². The smallest absolute Gasteiger partial charge is 0.248 e. The van der Waals surface area contributed by atoms with Gasteiger partial charge in [-0.15, -0.1) is 0 Å². The number of nitrogens with zero attached hydrogens (tertiary/aromatic N) is 1. The summed E-state index contributed by atoms with van der Waals surface area (Å²) >= 11 is 0. The molecule has 1 aliphatic rings. The van der Waals surface area contributed by atoms with Crippen LogP contribution < -0.4 is 5.32 Å². The maximum absolute atomic E-state index is 13.6. The number of carbonyl (C=O) groups excluding carboxylic acids is 1. The number of carbonyl (C=O) groups is 1. The highest BCUT2D eigenvalue weighted by Crippen LogP contribution is 2.22. The highest BCUT2D eigenvalue weighted by Gasteiger charge is 2.24. The summed E-state index contributed by atoms with van der Waals surface area (Å²) in [6, 6.07) is 7.65. The van der Waals surface area contributed by atoms with Gasteiger partial charge < -0.3 is 5.32 Å². The van der Waals surface area contributed by atoms with Gasteiger partial charge in [-0.3, -0.25) is 4.79 Å². The molecule has 5 nitrogen and oxygen atoms in total. The molecule has 2 aromatic carbocycles. The molecule has 2 aromatic rings. The van der Waals surface area contributed by atoms with Crippen LogP contribution in [0.5, 0.6) is 0 Å². The van der Waals surface area contributed by atoms with Crippen LogP contribution in [0.1, 0.15) is 31.2 Å². The summed E-state index contributed by atoms with van der Waals surface area (Å²) in [6.45, 7) is 1.01. The standard InChI is InChI=1S/C21H21F3N2O3S/c22-17-10-11-18(21(24)20(17)23)25-19(27)12-7-15-5-8-16(9-6-15)30(28,29)26-13-3-1-2-4-14-26/h5-12H,1-4,13-14H2,(H,25,27)/b12-7+. The lowest BCUT2D eigenvalue weighted by Crippen LogP contribution is -2.31. The number of sulfonamides is 1. The molecule has 0 spiro atoms. The van der Waals surface area contributed by atoms with E-state index in [0.29, 0.717) is 24.7 Å². The molecule has 0 saturated carbocycles. The molecule has 1 fully saturated rings. The Balaban J connectivity index is 1.67. The van der Waals surface area contributed by atoms with Crippen molar-refractivity contribution in [2.75, 3.05) is 18.4 Å².